The van der Waals surface area contributed by atoms with Gasteiger partial charge in [0.25, 0.3) is 0 Å². The summed E-state index contributed by atoms with van der Waals surface area (Å²) in [6.07, 6.45) is 3.73. The minimum Gasteiger partial charge on any atom is -0.493 e. The zero-order chi connectivity index (χ0) is 19.9. The highest BCUT2D eigenvalue weighted by molar-refractivity contribution is 5.79. The van der Waals surface area contributed by atoms with E-state index < -0.39 is 0 Å². The predicted molar refractivity (Wildman–Crippen MR) is 107 cm³/mol. The first-order chi connectivity index (χ1) is 13.6. The summed E-state index contributed by atoms with van der Waals surface area (Å²) in [6, 6.07) is 3.97. The van der Waals surface area contributed by atoms with Crippen molar-refractivity contribution in [2.75, 3.05) is 40.4 Å². The average molecular weight is 389 g/mol. The topological polar surface area (TPSA) is 79.9 Å². The maximum atomic E-state index is 12.6. The second-order valence-corrected chi connectivity index (χ2v) is 7.46. The van der Waals surface area contributed by atoms with Crippen LogP contribution in [0.1, 0.15) is 36.8 Å². The van der Waals surface area contributed by atoms with Crippen LogP contribution in [0, 0.1) is 5.92 Å². The number of methoxy groups -OCH3 is 2. The van der Waals surface area contributed by atoms with Crippen LogP contribution in [0.3, 0.4) is 0 Å². The predicted octanol–water partition coefficient (Wildman–Crippen LogP) is 1.48. The lowest BCUT2D eigenvalue weighted by molar-refractivity contribution is -0.132. The van der Waals surface area contributed by atoms with Crippen molar-refractivity contribution in [2.45, 2.75) is 38.6 Å². The number of fused-ring (bicyclic) bond motifs is 1. The maximum Gasteiger partial charge on any atom is 0.223 e. The zero-order valence-electron chi connectivity index (χ0n) is 16.9. The van der Waals surface area contributed by atoms with Gasteiger partial charge in [-0.2, -0.15) is 0 Å². The molecule has 0 aliphatic carbocycles. The lowest BCUT2D eigenvalue weighted by Crippen LogP contribution is -2.39. The van der Waals surface area contributed by atoms with Crippen LogP contribution in [0.5, 0.6) is 11.5 Å². The van der Waals surface area contributed by atoms with E-state index in [2.05, 4.69) is 10.6 Å². The third kappa shape index (κ3) is 4.95. The lowest BCUT2D eigenvalue weighted by atomic mass is 9.97. The number of ether oxygens (including phenoxy) is 2. The van der Waals surface area contributed by atoms with Crippen molar-refractivity contribution >= 4 is 11.8 Å². The average Bonchev–Trinajstić information content (AvgIpc) is 2.75. The smallest absolute Gasteiger partial charge is 0.223 e. The molecule has 1 fully saturated rings. The second kappa shape index (κ2) is 9.78. The molecular weight excluding hydrogens is 358 g/mol. The Morgan fingerprint density at radius 1 is 1.14 bits per heavy atom. The fourth-order valence-corrected chi connectivity index (χ4v) is 3.93. The number of nitrogens with zero attached hydrogens (tertiary/aromatic N) is 1. The Bertz CT molecular complexity index is 701. The minimum absolute atomic E-state index is 0.113. The van der Waals surface area contributed by atoms with Gasteiger partial charge in [0.1, 0.15) is 0 Å². The van der Waals surface area contributed by atoms with Gasteiger partial charge in [-0.1, -0.05) is 0 Å². The first kappa shape index (κ1) is 20.5. The molecule has 1 aromatic carbocycles. The number of nitrogens with one attached hydrogen (secondary N) is 2. The van der Waals surface area contributed by atoms with Crippen LogP contribution < -0.4 is 20.1 Å². The van der Waals surface area contributed by atoms with Crippen LogP contribution in [-0.2, 0) is 22.6 Å². The van der Waals surface area contributed by atoms with E-state index in [1.54, 1.807) is 14.2 Å². The highest BCUT2D eigenvalue weighted by atomic mass is 16.5. The first-order valence-electron chi connectivity index (χ1n) is 10.1. The molecule has 154 valence electrons. The number of hydrogen-bond donors (Lipinski definition) is 2. The fraction of sp³-hybridized carbons (Fsp3) is 0.619. The molecule has 1 saturated heterocycles. The van der Waals surface area contributed by atoms with Crippen LogP contribution in [0.4, 0.5) is 0 Å². The van der Waals surface area contributed by atoms with Crippen LogP contribution in [0.25, 0.3) is 0 Å². The van der Waals surface area contributed by atoms with Crippen LogP contribution in [0.15, 0.2) is 12.1 Å². The summed E-state index contributed by atoms with van der Waals surface area (Å²) >= 11 is 0. The first-order valence-corrected chi connectivity index (χ1v) is 10.1. The van der Waals surface area contributed by atoms with E-state index in [0.717, 1.165) is 43.7 Å². The number of carbonyl (C=O) groups excluding carboxylic acids is 2. The van der Waals surface area contributed by atoms with E-state index in [-0.39, 0.29) is 17.7 Å². The number of carbonyl (C=O) groups is 2. The summed E-state index contributed by atoms with van der Waals surface area (Å²) in [5.41, 5.74) is 2.31. The summed E-state index contributed by atoms with van der Waals surface area (Å²) < 4.78 is 10.7. The summed E-state index contributed by atoms with van der Waals surface area (Å²) in [5, 5.41) is 6.25. The van der Waals surface area contributed by atoms with E-state index in [9.17, 15) is 9.59 Å². The van der Waals surface area contributed by atoms with Crippen molar-refractivity contribution < 1.29 is 19.1 Å². The molecule has 0 spiro atoms. The third-order valence-corrected chi connectivity index (χ3v) is 5.65. The van der Waals surface area contributed by atoms with Gasteiger partial charge >= 0.3 is 0 Å². The normalized spacial score (nSPS) is 17.0. The minimum atomic E-state index is 0.113. The zero-order valence-corrected chi connectivity index (χ0v) is 16.9. The monoisotopic (exact) mass is 389 g/mol. The van der Waals surface area contributed by atoms with Crippen LogP contribution in [0.2, 0.25) is 0 Å². The molecule has 0 atom stereocenters. The maximum absolute atomic E-state index is 12.6. The van der Waals surface area contributed by atoms with Gasteiger partial charge in [-0.3, -0.25) is 9.59 Å². The summed E-state index contributed by atoms with van der Waals surface area (Å²) in [7, 11) is 3.25. The molecule has 3 rings (SSSR count). The summed E-state index contributed by atoms with van der Waals surface area (Å²) in [6.45, 7) is 3.68. The van der Waals surface area contributed by atoms with Crippen molar-refractivity contribution in [1.29, 1.82) is 0 Å². The van der Waals surface area contributed by atoms with E-state index in [1.165, 1.54) is 5.56 Å². The standard InChI is InChI=1S/C21H31N3O4/c1-27-18-12-16-7-11-24(14-17(16)13-19(18)28-2)20(25)4-3-8-23-21(26)15-5-9-22-10-6-15/h12-13,15,22H,3-11,14H2,1-2H3,(H,23,26). The molecule has 0 bridgehead atoms. The van der Waals surface area contributed by atoms with Gasteiger partial charge in [0.15, 0.2) is 11.5 Å². The Morgan fingerprint density at radius 3 is 2.50 bits per heavy atom. The third-order valence-electron chi connectivity index (χ3n) is 5.65. The Kier molecular flexibility index (Phi) is 7.14. The molecule has 1 aromatic rings. The molecule has 2 heterocycles. The highest BCUT2D eigenvalue weighted by Crippen LogP contribution is 2.33. The molecule has 0 unspecified atom stereocenters. The Hall–Kier alpha value is -2.28. The molecule has 7 heteroatoms. The summed E-state index contributed by atoms with van der Waals surface area (Å²) in [5.74, 6) is 1.79. The largest absolute Gasteiger partial charge is 0.493 e. The van der Waals surface area contributed by atoms with Gasteiger partial charge in [-0.15, -0.1) is 0 Å². The van der Waals surface area contributed by atoms with E-state index >= 15 is 0 Å². The SMILES string of the molecule is COc1cc2c(cc1OC)CN(C(=O)CCCNC(=O)C1CCNCC1)CC2. The Balaban J connectivity index is 1.45. The van der Waals surface area contributed by atoms with Crippen LogP contribution in [-0.4, -0.2) is 57.1 Å². The molecule has 28 heavy (non-hydrogen) atoms. The molecular formula is C21H31N3O4. The van der Waals surface area contributed by atoms with Gasteiger partial charge in [0.2, 0.25) is 11.8 Å². The molecule has 7 nitrogen and oxygen atoms in total. The van der Waals surface area contributed by atoms with Gasteiger partial charge in [0.05, 0.1) is 14.2 Å². The van der Waals surface area contributed by atoms with Crippen molar-refractivity contribution in [3.63, 3.8) is 0 Å². The molecule has 2 N–H and O–H groups in total. The molecule has 0 saturated carbocycles. The number of amides is 2. The van der Waals surface area contributed by atoms with Crippen molar-refractivity contribution in [3.05, 3.63) is 23.3 Å². The second-order valence-electron chi connectivity index (χ2n) is 7.46. The van der Waals surface area contributed by atoms with Crippen molar-refractivity contribution in [2.24, 2.45) is 5.92 Å². The number of hydrogen-bond acceptors (Lipinski definition) is 5. The molecule has 2 aliphatic rings. The molecule has 2 aliphatic heterocycles. The quantitative estimate of drug-likeness (QED) is 0.691. The van der Waals surface area contributed by atoms with E-state index in [1.807, 2.05) is 17.0 Å². The van der Waals surface area contributed by atoms with Gasteiger partial charge in [-0.05, 0) is 62.0 Å². The number of rotatable bonds is 7. The van der Waals surface area contributed by atoms with Crippen molar-refractivity contribution in [3.8, 4) is 11.5 Å². The number of piperidine rings is 1. The van der Waals surface area contributed by atoms with E-state index in [4.69, 9.17) is 9.47 Å². The lowest BCUT2D eigenvalue weighted by Gasteiger charge is -2.30. The van der Waals surface area contributed by atoms with E-state index in [0.29, 0.717) is 38.2 Å². The Labute approximate surface area is 166 Å². The van der Waals surface area contributed by atoms with Gasteiger partial charge < -0.3 is 25.0 Å². The fourth-order valence-electron chi connectivity index (χ4n) is 3.93. The summed E-state index contributed by atoms with van der Waals surface area (Å²) in [4.78, 5) is 26.6. The van der Waals surface area contributed by atoms with Gasteiger partial charge in [-0.25, -0.2) is 0 Å². The van der Waals surface area contributed by atoms with Gasteiger partial charge in [0, 0.05) is 32.0 Å². The molecule has 2 amide bonds. The highest BCUT2D eigenvalue weighted by Gasteiger charge is 2.23. The number of benzene rings is 1. The molecule has 0 aromatic heterocycles. The molecule has 0 radical (unpaired) electrons. The van der Waals surface area contributed by atoms with Crippen LogP contribution >= 0.6 is 0 Å². The van der Waals surface area contributed by atoms with Crippen molar-refractivity contribution in [1.82, 2.24) is 15.5 Å². The Morgan fingerprint density at radius 2 is 1.82 bits per heavy atom.